The summed E-state index contributed by atoms with van der Waals surface area (Å²) in [5.41, 5.74) is 1.82. The Hall–Kier alpha value is -5.88. The molecule has 78 heavy (non-hydrogen) atoms. The number of fused-ring (bicyclic) bond motifs is 2. The van der Waals surface area contributed by atoms with Crippen LogP contribution in [0.25, 0.3) is 27.0 Å². The van der Waals surface area contributed by atoms with Gasteiger partial charge in [0.2, 0.25) is 6.54 Å². The molecule has 2 unspecified atom stereocenters. The number of benzene rings is 2. The van der Waals surface area contributed by atoms with Crippen molar-refractivity contribution in [3.05, 3.63) is 124 Å². The number of ether oxygens (including phenoxy) is 2. The van der Waals surface area contributed by atoms with Crippen LogP contribution in [0.15, 0.2) is 84.6 Å². The lowest BCUT2D eigenvalue weighted by molar-refractivity contribution is -0.0550. The van der Waals surface area contributed by atoms with E-state index in [1.807, 2.05) is 46.1 Å². The van der Waals surface area contributed by atoms with E-state index >= 15 is 0 Å². The number of aliphatic hydroxyl groups is 1. The van der Waals surface area contributed by atoms with Gasteiger partial charge in [0, 0.05) is 42.4 Å². The van der Waals surface area contributed by atoms with Crippen LogP contribution >= 0.6 is 15.0 Å². The Balaban J connectivity index is 0.940. The molecule has 4 aliphatic rings. The molecule has 0 aliphatic carbocycles. The van der Waals surface area contributed by atoms with Gasteiger partial charge in [-0.2, -0.15) is 0 Å². The van der Waals surface area contributed by atoms with Crippen molar-refractivity contribution >= 4 is 80.8 Å². The van der Waals surface area contributed by atoms with Crippen molar-refractivity contribution in [3.63, 3.8) is 0 Å². The highest BCUT2D eigenvalue weighted by molar-refractivity contribution is 8.07. The smallest absolute Gasteiger partial charge is 0.408 e. The number of amides is 3. The highest BCUT2D eigenvalue weighted by Gasteiger charge is 2.54. The molecule has 0 bridgehead atoms. The Morgan fingerprint density at radius 3 is 2.36 bits per heavy atom. The third-order valence-corrected chi connectivity index (χ3v) is 22.1. The van der Waals surface area contributed by atoms with E-state index in [-0.39, 0.29) is 65.9 Å². The third kappa shape index (κ3) is 10.7. The second-order valence-electron chi connectivity index (χ2n) is 20.6. The zero-order valence-electron chi connectivity index (χ0n) is 43.2. The number of imidazole rings is 1. The molecule has 4 aliphatic heterocycles. The maximum absolute atomic E-state index is 14.1. The number of imide groups is 1. The molecular weight excluding hydrogens is 1090 g/mol. The molecule has 28 heteroatoms. The van der Waals surface area contributed by atoms with Crippen LogP contribution in [0.4, 0.5) is 5.82 Å². The number of aliphatic hydroxyl groups excluding tert-OH is 1. The summed E-state index contributed by atoms with van der Waals surface area (Å²) in [6.07, 6.45) is -0.365. The molecule has 0 radical (unpaired) electrons. The summed E-state index contributed by atoms with van der Waals surface area (Å²) in [6, 6.07) is 15.4. The second kappa shape index (κ2) is 22.3. The quantitative estimate of drug-likeness (QED) is 0.0305. The van der Waals surface area contributed by atoms with E-state index in [0.717, 1.165) is 10.5 Å². The van der Waals surface area contributed by atoms with Gasteiger partial charge in [-0.05, 0) is 72.6 Å². The molecule has 10 rings (SSSR count). The molecule has 4 aromatic heterocycles. The maximum Gasteiger partial charge on any atom is 0.695 e. The normalized spacial score (nSPS) is 23.5. The van der Waals surface area contributed by atoms with Gasteiger partial charge in [-0.1, -0.05) is 51.1 Å². The first kappa shape index (κ1) is 55.4. The van der Waals surface area contributed by atoms with Gasteiger partial charge in [0.1, 0.15) is 67.5 Å². The topological polar surface area (TPSA) is 268 Å². The number of aromatic nitrogens is 7. The van der Waals surface area contributed by atoms with Crippen LogP contribution in [0.2, 0.25) is 18.1 Å². The van der Waals surface area contributed by atoms with Crippen LogP contribution in [0.3, 0.4) is 0 Å². The molecule has 2 N–H and O–H groups in total. The lowest BCUT2D eigenvalue weighted by Gasteiger charge is -2.41. The zero-order valence-corrected chi connectivity index (χ0v) is 46.8. The van der Waals surface area contributed by atoms with Crippen LogP contribution in [0.5, 0.6) is 0 Å². The van der Waals surface area contributed by atoms with Crippen LogP contribution in [0, 0.1) is 6.57 Å². The van der Waals surface area contributed by atoms with E-state index in [0.29, 0.717) is 41.8 Å². The number of carbonyl (C=O) groups is 3. The minimum Gasteiger partial charge on any atom is -0.408 e. The van der Waals surface area contributed by atoms with Gasteiger partial charge in [-0.15, -0.1) is 9.42 Å². The maximum atomic E-state index is 14.1. The van der Waals surface area contributed by atoms with Crippen LogP contribution in [-0.2, 0) is 61.3 Å². The Bertz CT molecular complexity index is 3430. The van der Waals surface area contributed by atoms with E-state index in [9.17, 15) is 33.7 Å². The number of nitrogens with zero attached hydrogens (tertiary/aromatic N) is 10. The van der Waals surface area contributed by atoms with Crippen LogP contribution in [-0.4, -0.2) is 145 Å². The van der Waals surface area contributed by atoms with Gasteiger partial charge < -0.3 is 37.5 Å². The van der Waals surface area contributed by atoms with Crippen molar-refractivity contribution in [3.8, 4) is 0 Å². The Kier molecular flexibility index (Phi) is 15.9. The molecule has 9 atom stereocenters. The number of rotatable bonds is 19. The summed E-state index contributed by atoms with van der Waals surface area (Å²) in [5, 5.41) is 11.3. The molecule has 8 heterocycles. The molecule has 3 amide bonds. The first-order valence-electron chi connectivity index (χ1n) is 25.2. The molecular formula is C50H57N10O14P2SSi+. The summed E-state index contributed by atoms with van der Waals surface area (Å²) in [5.74, 6) is -0.702. The molecule has 2 aromatic carbocycles. The average molecular weight is 1140 g/mol. The Morgan fingerprint density at radius 2 is 1.67 bits per heavy atom. The van der Waals surface area contributed by atoms with Crippen molar-refractivity contribution in [2.75, 3.05) is 44.4 Å². The molecule has 410 valence electrons. The molecule has 24 nitrogen and oxygen atoms in total. The largest absolute Gasteiger partial charge is 0.695 e. The van der Waals surface area contributed by atoms with E-state index in [2.05, 4.69) is 24.8 Å². The predicted octanol–water partition coefficient (Wildman–Crippen LogP) is 6.09. The summed E-state index contributed by atoms with van der Waals surface area (Å²) in [6.45, 7) is 12.5. The van der Waals surface area contributed by atoms with Crippen molar-refractivity contribution in [2.24, 2.45) is 0 Å². The van der Waals surface area contributed by atoms with Gasteiger partial charge in [0.05, 0.1) is 36.1 Å². The minimum absolute atomic E-state index is 0.0531. The Morgan fingerprint density at radius 1 is 0.936 bits per heavy atom. The zero-order chi connectivity index (χ0) is 55.3. The molecule has 0 spiro atoms. The summed E-state index contributed by atoms with van der Waals surface area (Å²) >= 11 is 6.17. The first-order valence-corrected chi connectivity index (χ1v) is 31.8. The summed E-state index contributed by atoms with van der Waals surface area (Å²) < 4.78 is 62.1. The standard InChI is InChI=1S/C50H56N10O14P2SSi/c1-50(2,3)78(5,6)74-40-35(25-61)71-49(60-29-54-39-44(60)55-28-56(48(39)65)20-21-58-46(63)32-16-10-11-17-33(32)47(58)64)41(40)73-76(77,68-22-18-51-4)69-26-36-34(72-75(66)67)23-37(70-36)59-24-31-15-12-19-57(42-38(31)43(59)53-27-52-42)45(62)30-13-8-7-9-14-30/h7-11,13-14,16-17,24,27-29,34-37,40-41,49,61H,12,15,18-23,25-26H2,1-3,5-6H3/p+1/t34-,35+,36+,37+,40+,41+,49+,76?/m0/s1. The van der Waals surface area contributed by atoms with Crippen molar-refractivity contribution in [2.45, 2.75) is 108 Å². The van der Waals surface area contributed by atoms with Gasteiger partial charge in [-0.25, -0.2) is 26.5 Å². The van der Waals surface area contributed by atoms with Gasteiger partial charge >= 0.3 is 15.0 Å². The van der Waals surface area contributed by atoms with Gasteiger partial charge in [-0.3, -0.25) is 42.6 Å². The van der Waals surface area contributed by atoms with Crippen molar-refractivity contribution in [1.29, 1.82) is 0 Å². The highest BCUT2D eigenvalue weighted by Crippen LogP contribution is 2.56. The summed E-state index contributed by atoms with van der Waals surface area (Å²) in [4.78, 5) is 88.7. The molecule has 2 fully saturated rings. The Labute approximate surface area is 454 Å². The van der Waals surface area contributed by atoms with Crippen LogP contribution < -0.4 is 10.5 Å². The molecule has 2 saturated heterocycles. The number of anilines is 1. The highest BCUT2D eigenvalue weighted by atomic mass is 32.5. The van der Waals surface area contributed by atoms with Gasteiger partial charge in [0.15, 0.2) is 25.7 Å². The second-order valence-corrected chi connectivity index (χ2v) is 29.0. The molecule has 0 saturated carbocycles. The van der Waals surface area contributed by atoms with Gasteiger partial charge in [0.25, 0.3) is 23.3 Å². The fraction of sp³-hybridized carbons (Fsp3) is 0.460. The van der Waals surface area contributed by atoms with E-state index in [4.69, 9.17) is 50.4 Å². The number of hydrogen-bond donors (Lipinski definition) is 2. The molecule has 6 aromatic rings. The monoisotopic (exact) mass is 1140 g/mol. The number of aryl methyl sites for hydroxylation is 1. The number of carbonyl (C=O) groups excluding carboxylic acids is 3. The van der Waals surface area contributed by atoms with E-state index in [1.165, 1.54) is 28.1 Å². The van der Waals surface area contributed by atoms with E-state index < -0.39 is 96.9 Å². The lowest BCUT2D eigenvalue weighted by Crippen LogP contribution is -2.50. The van der Waals surface area contributed by atoms with Crippen LogP contribution in [0.1, 0.15) is 82.7 Å². The fourth-order valence-electron chi connectivity index (χ4n) is 9.88. The number of hydrogen-bond acceptors (Lipinski definition) is 18. The van der Waals surface area contributed by atoms with E-state index in [1.54, 1.807) is 58.0 Å². The van der Waals surface area contributed by atoms with Crippen molar-refractivity contribution in [1.82, 2.24) is 38.5 Å². The lowest BCUT2D eigenvalue weighted by atomic mass is 10.1. The fourth-order valence-corrected chi connectivity index (χ4v) is 13.7. The third-order valence-electron chi connectivity index (χ3n) is 14.8. The average Bonchev–Trinajstić information content (AvgIpc) is 4.25. The minimum atomic E-state index is -4.09. The SMILES string of the molecule is [C-]#[N+]CCOP(=S)(OC[C@H]1O[C@@H](n2cc3c4c(ncnc42)N(C(=O)c2ccccc2)CCC3)C[C@@H]1O[P+](=O)O)O[C@@H]1[C@H](O[Si](C)(C)C(C)(C)C)[C@@H](CO)O[C@H]1n1cnc2c(=O)n(CCN3C(=O)c4ccccc4C3=O)cnc21. The van der Waals surface area contributed by atoms with Crippen molar-refractivity contribution < 1.29 is 60.9 Å². The first-order chi connectivity index (χ1) is 37.3. The summed E-state index contributed by atoms with van der Waals surface area (Å²) in [7, 11) is -5.90. The predicted molar refractivity (Wildman–Crippen MR) is 286 cm³/mol.